The number of hydrogen-bond donors (Lipinski definition) is 0. The normalized spacial score (nSPS) is 12.8. The molecular weight excluding hydrogens is 180 g/mol. The van der Waals surface area contributed by atoms with Crippen LogP contribution in [0.3, 0.4) is 0 Å². The van der Waals surface area contributed by atoms with Gasteiger partial charge in [-0.05, 0) is 30.1 Å². The minimum absolute atomic E-state index is 0.618. The molecule has 15 heavy (non-hydrogen) atoms. The summed E-state index contributed by atoms with van der Waals surface area (Å²) in [6, 6.07) is 0. The Morgan fingerprint density at radius 2 is 0.867 bits per heavy atom. The van der Waals surface area contributed by atoms with Gasteiger partial charge in [-0.25, -0.2) is 0 Å². The van der Waals surface area contributed by atoms with Crippen molar-refractivity contribution in [2.75, 3.05) is 0 Å². The van der Waals surface area contributed by atoms with E-state index in [1.165, 1.54) is 38.5 Å². The smallest absolute Gasteiger partial charge is 0.0247 e. The van der Waals surface area contributed by atoms with Gasteiger partial charge in [-0.1, -0.05) is 67.2 Å². The Labute approximate surface area is 97.8 Å². The summed E-state index contributed by atoms with van der Waals surface area (Å²) in [7, 11) is 0. The second kappa shape index (κ2) is 7.30. The molecule has 0 radical (unpaired) electrons. The van der Waals surface area contributed by atoms with Crippen molar-refractivity contribution in [3.63, 3.8) is 0 Å². The fraction of sp³-hybridized carbons (Fsp3) is 1.00. The monoisotopic (exact) mass is 212 g/mol. The molecule has 0 spiro atoms. The lowest BCUT2D eigenvalue weighted by Crippen LogP contribution is -2.36. The number of hydrogen-bond acceptors (Lipinski definition) is 0. The molecule has 0 aromatic heterocycles. The molecule has 0 amide bonds. The SMILES string of the molecule is CCC(CC)C(CC)(CC)C(CC)CC. The van der Waals surface area contributed by atoms with Crippen molar-refractivity contribution in [1.82, 2.24) is 0 Å². The molecule has 0 aliphatic heterocycles. The minimum atomic E-state index is 0.618. The molecule has 0 atom stereocenters. The third kappa shape index (κ3) is 2.98. The predicted molar refractivity (Wildman–Crippen MR) is 71.2 cm³/mol. The summed E-state index contributed by atoms with van der Waals surface area (Å²) in [5.41, 5.74) is 0.618. The van der Waals surface area contributed by atoms with Crippen molar-refractivity contribution in [2.45, 2.75) is 80.1 Å². The zero-order valence-corrected chi connectivity index (χ0v) is 11.9. The van der Waals surface area contributed by atoms with Gasteiger partial charge < -0.3 is 0 Å². The largest absolute Gasteiger partial charge is 0.0651 e. The van der Waals surface area contributed by atoms with Crippen molar-refractivity contribution in [3.8, 4) is 0 Å². The van der Waals surface area contributed by atoms with E-state index in [-0.39, 0.29) is 0 Å². The quantitative estimate of drug-likeness (QED) is 0.486. The summed E-state index contributed by atoms with van der Waals surface area (Å²) in [5.74, 6) is 1.86. The Morgan fingerprint density at radius 3 is 1.00 bits per heavy atom. The Hall–Kier alpha value is 0. The molecule has 92 valence electrons. The summed E-state index contributed by atoms with van der Waals surface area (Å²) in [6.07, 6.45) is 8.15. The van der Waals surface area contributed by atoms with Crippen LogP contribution in [0.5, 0.6) is 0 Å². The molecule has 0 bridgehead atoms. The molecule has 0 aromatic carbocycles. The third-order valence-corrected chi connectivity index (χ3v) is 4.91. The Kier molecular flexibility index (Phi) is 7.30. The summed E-state index contributed by atoms with van der Waals surface area (Å²) >= 11 is 0. The fourth-order valence-corrected chi connectivity index (χ4v) is 3.94. The fourth-order valence-electron chi connectivity index (χ4n) is 3.94. The van der Waals surface area contributed by atoms with Crippen LogP contribution in [0.4, 0.5) is 0 Å². The van der Waals surface area contributed by atoms with Crippen LogP contribution in [-0.4, -0.2) is 0 Å². The van der Waals surface area contributed by atoms with E-state index in [0.717, 1.165) is 11.8 Å². The highest BCUT2D eigenvalue weighted by Crippen LogP contribution is 2.48. The van der Waals surface area contributed by atoms with Gasteiger partial charge in [-0.2, -0.15) is 0 Å². The average Bonchev–Trinajstić information content (AvgIpc) is 2.29. The van der Waals surface area contributed by atoms with Crippen LogP contribution >= 0.6 is 0 Å². The first kappa shape index (κ1) is 15.0. The van der Waals surface area contributed by atoms with Gasteiger partial charge in [0.15, 0.2) is 0 Å². The standard InChI is InChI=1S/C15H32/c1-7-13(8-2)15(11-5,12-6)14(9-3)10-4/h13-14H,7-12H2,1-6H3. The van der Waals surface area contributed by atoms with Crippen LogP contribution in [0.2, 0.25) is 0 Å². The molecule has 0 heteroatoms. The lowest BCUT2D eigenvalue weighted by Gasteiger charge is -2.45. The van der Waals surface area contributed by atoms with E-state index in [2.05, 4.69) is 41.5 Å². The van der Waals surface area contributed by atoms with Crippen molar-refractivity contribution in [3.05, 3.63) is 0 Å². The molecule has 0 fully saturated rings. The molecule has 0 saturated carbocycles. The summed E-state index contributed by atoms with van der Waals surface area (Å²) in [5, 5.41) is 0. The third-order valence-electron chi connectivity index (χ3n) is 4.91. The van der Waals surface area contributed by atoms with E-state index in [1.54, 1.807) is 0 Å². The topological polar surface area (TPSA) is 0 Å². The zero-order valence-electron chi connectivity index (χ0n) is 11.9. The summed E-state index contributed by atoms with van der Waals surface area (Å²) < 4.78 is 0. The van der Waals surface area contributed by atoms with E-state index in [0.29, 0.717) is 5.41 Å². The van der Waals surface area contributed by atoms with Gasteiger partial charge in [-0.3, -0.25) is 0 Å². The van der Waals surface area contributed by atoms with E-state index in [1.807, 2.05) is 0 Å². The second-order valence-electron chi connectivity index (χ2n) is 4.97. The molecule has 0 rings (SSSR count). The predicted octanol–water partition coefficient (Wildman–Crippen LogP) is 5.67. The second-order valence-corrected chi connectivity index (χ2v) is 4.97. The maximum Gasteiger partial charge on any atom is -0.0247 e. The Bertz CT molecular complexity index is 122. The van der Waals surface area contributed by atoms with Gasteiger partial charge in [0.1, 0.15) is 0 Å². The van der Waals surface area contributed by atoms with Crippen LogP contribution in [0, 0.1) is 17.3 Å². The molecule has 0 unspecified atom stereocenters. The highest BCUT2D eigenvalue weighted by atomic mass is 14.4. The number of rotatable bonds is 8. The zero-order chi connectivity index (χ0) is 11.9. The van der Waals surface area contributed by atoms with Gasteiger partial charge >= 0.3 is 0 Å². The van der Waals surface area contributed by atoms with Gasteiger partial charge in [-0.15, -0.1) is 0 Å². The van der Waals surface area contributed by atoms with Crippen LogP contribution in [0.25, 0.3) is 0 Å². The Balaban J connectivity index is 4.98. The highest BCUT2D eigenvalue weighted by Gasteiger charge is 2.38. The van der Waals surface area contributed by atoms with E-state index in [4.69, 9.17) is 0 Å². The van der Waals surface area contributed by atoms with Crippen LogP contribution < -0.4 is 0 Å². The first-order valence-electron chi connectivity index (χ1n) is 7.16. The lowest BCUT2D eigenvalue weighted by atomic mass is 9.60. The van der Waals surface area contributed by atoms with Crippen molar-refractivity contribution in [1.29, 1.82) is 0 Å². The molecule has 0 aliphatic rings. The van der Waals surface area contributed by atoms with E-state index < -0.39 is 0 Å². The first-order chi connectivity index (χ1) is 7.16. The maximum atomic E-state index is 2.40. The van der Waals surface area contributed by atoms with Crippen molar-refractivity contribution in [2.24, 2.45) is 17.3 Å². The van der Waals surface area contributed by atoms with E-state index in [9.17, 15) is 0 Å². The highest BCUT2D eigenvalue weighted by molar-refractivity contribution is 4.88. The Morgan fingerprint density at radius 1 is 0.600 bits per heavy atom. The molecule has 0 saturated heterocycles. The molecule has 0 heterocycles. The average molecular weight is 212 g/mol. The van der Waals surface area contributed by atoms with Crippen molar-refractivity contribution >= 4 is 0 Å². The van der Waals surface area contributed by atoms with Crippen LogP contribution in [0.1, 0.15) is 80.1 Å². The van der Waals surface area contributed by atoms with Crippen molar-refractivity contribution < 1.29 is 0 Å². The lowest BCUT2D eigenvalue weighted by molar-refractivity contribution is 0.0456. The van der Waals surface area contributed by atoms with Crippen LogP contribution in [0.15, 0.2) is 0 Å². The first-order valence-corrected chi connectivity index (χ1v) is 7.16. The molecule has 0 nitrogen and oxygen atoms in total. The van der Waals surface area contributed by atoms with Crippen LogP contribution in [-0.2, 0) is 0 Å². The van der Waals surface area contributed by atoms with Gasteiger partial charge in [0, 0.05) is 0 Å². The molecule has 0 aromatic rings. The van der Waals surface area contributed by atoms with Gasteiger partial charge in [0.05, 0.1) is 0 Å². The molecular formula is C15H32. The maximum absolute atomic E-state index is 2.40. The van der Waals surface area contributed by atoms with Gasteiger partial charge in [0.25, 0.3) is 0 Å². The van der Waals surface area contributed by atoms with Gasteiger partial charge in [0.2, 0.25) is 0 Å². The summed E-state index contributed by atoms with van der Waals surface area (Å²) in [6.45, 7) is 14.3. The molecule has 0 N–H and O–H groups in total. The summed E-state index contributed by atoms with van der Waals surface area (Å²) in [4.78, 5) is 0. The minimum Gasteiger partial charge on any atom is -0.0651 e. The molecule has 0 aliphatic carbocycles. The van der Waals surface area contributed by atoms with E-state index >= 15 is 0 Å².